The van der Waals surface area contributed by atoms with Crippen LogP contribution in [0.3, 0.4) is 0 Å². The number of fused-ring (bicyclic) bond motifs is 1. The van der Waals surface area contributed by atoms with Crippen molar-refractivity contribution in [2.45, 2.75) is 33.4 Å². The molecule has 3 aromatic carbocycles. The molecular weight excluding hydrogens is 468 g/mol. The monoisotopic (exact) mass is 494 g/mol. The highest BCUT2D eigenvalue weighted by molar-refractivity contribution is 5.94. The quantitative estimate of drug-likeness (QED) is 0.303. The number of carbonyl (C=O) groups is 1. The van der Waals surface area contributed by atoms with Crippen molar-refractivity contribution in [3.8, 4) is 11.3 Å². The number of rotatable bonds is 7. The Bertz CT molecular complexity index is 1650. The lowest BCUT2D eigenvalue weighted by Crippen LogP contribution is -2.14. The van der Waals surface area contributed by atoms with Crippen molar-refractivity contribution in [3.05, 3.63) is 111 Å². The van der Waals surface area contributed by atoms with Crippen LogP contribution in [0.15, 0.2) is 82.5 Å². The number of aromatic nitrogens is 3. The summed E-state index contributed by atoms with van der Waals surface area (Å²) in [5.41, 5.74) is 5.12. The molecule has 5 rings (SSSR count). The Morgan fingerprint density at radius 1 is 1.11 bits per heavy atom. The predicted octanol–water partition coefficient (Wildman–Crippen LogP) is 5.59. The summed E-state index contributed by atoms with van der Waals surface area (Å²) in [5.74, 6) is -0.505. The molecule has 0 fully saturated rings. The fourth-order valence-electron chi connectivity index (χ4n) is 4.53. The number of nitrogens with one attached hydrogen (secondary N) is 1. The molecular formula is C29H26N4O4. The second kappa shape index (κ2) is 9.73. The zero-order valence-corrected chi connectivity index (χ0v) is 20.7. The van der Waals surface area contributed by atoms with E-state index in [0.29, 0.717) is 34.5 Å². The molecule has 0 bridgehead atoms. The van der Waals surface area contributed by atoms with E-state index in [4.69, 9.17) is 4.42 Å². The molecule has 2 N–H and O–H groups in total. The molecule has 5 aromatic rings. The van der Waals surface area contributed by atoms with Gasteiger partial charge in [-0.15, -0.1) is 0 Å². The summed E-state index contributed by atoms with van der Waals surface area (Å²) in [7, 11) is 0. The summed E-state index contributed by atoms with van der Waals surface area (Å²) in [6.45, 7) is 6.21. The largest absolute Gasteiger partial charge is 0.478 e. The summed E-state index contributed by atoms with van der Waals surface area (Å²) in [6, 6.07) is 18.0. The van der Waals surface area contributed by atoms with E-state index >= 15 is 0 Å². The maximum Gasteiger partial charge on any atom is 0.337 e. The van der Waals surface area contributed by atoms with Gasteiger partial charge in [-0.2, -0.15) is 5.10 Å². The minimum absolute atomic E-state index is 0.0916. The number of anilines is 1. The van der Waals surface area contributed by atoms with Gasteiger partial charge in [0.2, 0.25) is 0 Å². The standard InChI is InChI=1S/C29H26N4O4/c1-17-12-23(19(3)32-25-7-5-4-6-22(25)29(35)36)28-24(13-17)26(34)18(2)27(37-28)21-10-8-20(9-11-21)14-33-16-30-15-31-33/h4-13,15-16,19,32H,14H2,1-3H3,(H,35,36)/t19-/m1/s1. The molecule has 8 nitrogen and oxygen atoms in total. The number of hydrogen-bond donors (Lipinski definition) is 2. The van der Waals surface area contributed by atoms with Crippen LogP contribution < -0.4 is 10.7 Å². The maximum absolute atomic E-state index is 13.5. The Kier molecular flexibility index (Phi) is 6.31. The number of aryl methyl sites for hydroxylation is 1. The van der Waals surface area contributed by atoms with E-state index in [1.807, 2.05) is 50.2 Å². The van der Waals surface area contributed by atoms with E-state index in [1.54, 1.807) is 42.2 Å². The number of hydrogen-bond acceptors (Lipinski definition) is 6. The van der Waals surface area contributed by atoms with Gasteiger partial charge in [-0.3, -0.25) is 4.79 Å². The van der Waals surface area contributed by atoms with Gasteiger partial charge in [0.1, 0.15) is 24.0 Å². The van der Waals surface area contributed by atoms with E-state index in [1.165, 1.54) is 6.33 Å². The smallest absolute Gasteiger partial charge is 0.337 e. The topological polar surface area (TPSA) is 110 Å². The Balaban J connectivity index is 1.57. The molecule has 1 atom stereocenters. The second-order valence-electron chi connectivity index (χ2n) is 9.12. The highest BCUT2D eigenvalue weighted by Crippen LogP contribution is 2.32. The Labute approximate surface area is 213 Å². The lowest BCUT2D eigenvalue weighted by molar-refractivity contribution is 0.0698. The van der Waals surface area contributed by atoms with E-state index in [9.17, 15) is 14.7 Å². The number of aromatic carboxylic acids is 1. The molecule has 8 heteroatoms. The van der Waals surface area contributed by atoms with Crippen molar-refractivity contribution < 1.29 is 14.3 Å². The average molecular weight is 495 g/mol. The first-order chi connectivity index (χ1) is 17.8. The third-order valence-electron chi connectivity index (χ3n) is 6.42. The van der Waals surface area contributed by atoms with Gasteiger partial charge >= 0.3 is 5.97 Å². The SMILES string of the molecule is Cc1cc([C@@H](C)Nc2ccccc2C(=O)O)c2oc(-c3ccc(Cn4cncn4)cc3)c(C)c(=O)c2c1. The number of carboxylic acid groups (broad SMARTS) is 1. The molecule has 186 valence electrons. The van der Waals surface area contributed by atoms with Crippen LogP contribution in [0.2, 0.25) is 0 Å². The molecule has 2 heterocycles. The third kappa shape index (κ3) is 4.73. The van der Waals surface area contributed by atoms with Crippen LogP contribution in [0.1, 0.15) is 45.6 Å². The molecule has 2 aromatic heterocycles. The minimum Gasteiger partial charge on any atom is -0.478 e. The van der Waals surface area contributed by atoms with Gasteiger partial charge in [0, 0.05) is 22.4 Å². The molecule has 0 saturated carbocycles. The zero-order chi connectivity index (χ0) is 26.1. The molecule has 0 aliphatic carbocycles. The third-order valence-corrected chi connectivity index (χ3v) is 6.42. The molecule has 0 aliphatic rings. The van der Waals surface area contributed by atoms with Gasteiger partial charge in [-0.25, -0.2) is 14.5 Å². The van der Waals surface area contributed by atoms with Crippen molar-refractivity contribution >= 4 is 22.6 Å². The van der Waals surface area contributed by atoms with Crippen LogP contribution in [0, 0.1) is 13.8 Å². The number of nitrogens with zero attached hydrogens (tertiary/aromatic N) is 3. The first-order valence-electron chi connectivity index (χ1n) is 11.9. The average Bonchev–Trinajstić information content (AvgIpc) is 3.40. The lowest BCUT2D eigenvalue weighted by Gasteiger charge is -2.20. The van der Waals surface area contributed by atoms with Gasteiger partial charge in [0.25, 0.3) is 0 Å². The first kappa shape index (κ1) is 24.0. The normalized spacial score (nSPS) is 12.0. The fraction of sp³-hybridized carbons (Fsp3) is 0.172. The van der Waals surface area contributed by atoms with Crippen LogP contribution in [0.25, 0.3) is 22.3 Å². The Morgan fingerprint density at radius 3 is 2.57 bits per heavy atom. The molecule has 0 spiro atoms. The fourth-order valence-corrected chi connectivity index (χ4v) is 4.53. The van der Waals surface area contributed by atoms with E-state index in [0.717, 1.165) is 22.3 Å². The van der Waals surface area contributed by atoms with Crippen molar-refractivity contribution in [1.82, 2.24) is 14.8 Å². The molecule has 0 unspecified atom stereocenters. The number of para-hydroxylation sites is 1. The zero-order valence-electron chi connectivity index (χ0n) is 20.7. The number of benzene rings is 3. The van der Waals surface area contributed by atoms with Crippen LogP contribution in [-0.4, -0.2) is 25.8 Å². The molecule has 0 saturated heterocycles. The summed E-state index contributed by atoms with van der Waals surface area (Å²) < 4.78 is 8.18. The second-order valence-corrected chi connectivity index (χ2v) is 9.12. The first-order valence-corrected chi connectivity index (χ1v) is 11.9. The lowest BCUT2D eigenvalue weighted by atomic mass is 9.98. The van der Waals surface area contributed by atoms with Crippen LogP contribution in [0.4, 0.5) is 5.69 Å². The van der Waals surface area contributed by atoms with E-state index in [2.05, 4.69) is 15.4 Å². The minimum atomic E-state index is -1.01. The van der Waals surface area contributed by atoms with E-state index in [-0.39, 0.29) is 17.0 Å². The summed E-state index contributed by atoms with van der Waals surface area (Å²) in [6.07, 6.45) is 3.16. The van der Waals surface area contributed by atoms with Gasteiger partial charge in [-0.1, -0.05) is 42.5 Å². The molecule has 0 aliphatic heterocycles. The van der Waals surface area contributed by atoms with Crippen molar-refractivity contribution in [3.63, 3.8) is 0 Å². The maximum atomic E-state index is 13.5. The summed E-state index contributed by atoms with van der Waals surface area (Å²) in [5, 5.41) is 17.5. The summed E-state index contributed by atoms with van der Waals surface area (Å²) >= 11 is 0. The van der Waals surface area contributed by atoms with Gasteiger partial charge in [-0.05, 0) is 50.1 Å². The van der Waals surface area contributed by atoms with E-state index < -0.39 is 5.97 Å². The molecule has 37 heavy (non-hydrogen) atoms. The Hall–Kier alpha value is -4.72. The molecule has 0 amide bonds. The van der Waals surface area contributed by atoms with Crippen LogP contribution >= 0.6 is 0 Å². The Morgan fingerprint density at radius 2 is 1.86 bits per heavy atom. The highest BCUT2D eigenvalue weighted by Gasteiger charge is 2.20. The van der Waals surface area contributed by atoms with Crippen molar-refractivity contribution in [2.75, 3.05) is 5.32 Å². The molecule has 0 radical (unpaired) electrons. The van der Waals surface area contributed by atoms with Gasteiger partial charge in [0.15, 0.2) is 5.43 Å². The predicted molar refractivity (Wildman–Crippen MR) is 142 cm³/mol. The van der Waals surface area contributed by atoms with Gasteiger partial charge < -0.3 is 14.8 Å². The van der Waals surface area contributed by atoms with Gasteiger partial charge in [0.05, 0.1) is 23.5 Å². The van der Waals surface area contributed by atoms with Crippen LogP contribution in [0.5, 0.6) is 0 Å². The highest BCUT2D eigenvalue weighted by atomic mass is 16.4. The van der Waals surface area contributed by atoms with Crippen molar-refractivity contribution in [1.29, 1.82) is 0 Å². The summed E-state index contributed by atoms with van der Waals surface area (Å²) in [4.78, 5) is 29.1. The van der Waals surface area contributed by atoms with Crippen LogP contribution in [-0.2, 0) is 6.54 Å². The van der Waals surface area contributed by atoms with Crippen molar-refractivity contribution in [2.24, 2.45) is 0 Å². The number of carboxylic acids is 1.